The molecule has 0 unspecified atom stereocenters. The topological polar surface area (TPSA) is 67.5 Å². The fourth-order valence-electron chi connectivity index (χ4n) is 1.36. The number of aliphatic imine (C=N–C) groups is 1. The highest BCUT2D eigenvalue weighted by atomic mass is 16.2. The minimum Gasteiger partial charge on any atom is -0.351 e. The number of hydrogen-bond donors (Lipinski definition) is 2. The first-order valence-corrected chi connectivity index (χ1v) is 6.06. The lowest BCUT2D eigenvalue weighted by molar-refractivity contribution is 0.253. The molecule has 2 amide bonds. The summed E-state index contributed by atoms with van der Waals surface area (Å²) in [5, 5.41) is 2.51. The van der Waals surface area contributed by atoms with Crippen LogP contribution in [0.15, 0.2) is 41.4 Å². The van der Waals surface area contributed by atoms with Crippen LogP contribution in [0.2, 0.25) is 0 Å². The van der Waals surface area contributed by atoms with Crippen molar-refractivity contribution in [1.82, 2.24) is 5.32 Å². The largest absolute Gasteiger partial charge is 0.351 e. The predicted octanol–water partition coefficient (Wildman–Crippen LogP) is 2.57. The van der Waals surface area contributed by atoms with Crippen LogP contribution < -0.4 is 11.1 Å². The second-order valence-corrected chi connectivity index (χ2v) is 3.85. The molecule has 1 aromatic carbocycles. The number of nitrogens with two attached hydrogens (primary N) is 1. The summed E-state index contributed by atoms with van der Waals surface area (Å²) in [5.41, 5.74) is 6.15. The van der Waals surface area contributed by atoms with E-state index in [1.54, 1.807) is 6.08 Å². The molecule has 0 spiro atoms. The Balaban J connectivity index is 2.68. The summed E-state index contributed by atoms with van der Waals surface area (Å²) >= 11 is 0. The van der Waals surface area contributed by atoms with E-state index < -0.39 is 6.03 Å². The number of nitrogens with one attached hydrogen (secondary N) is 1. The van der Waals surface area contributed by atoms with E-state index in [1.165, 1.54) is 0 Å². The monoisotopic (exact) mass is 245 g/mol. The van der Waals surface area contributed by atoms with Gasteiger partial charge in [-0.25, -0.2) is 4.79 Å². The third-order valence-electron chi connectivity index (χ3n) is 2.28. The Morgan fingerprint density at radius 2 is 2.11 bits per heavy atom. The molecule has 1 aromatic rings. The number of carbonyl (C=O) groups is 1. The van der Waals surface area contributed by atoms with Crippen molar-refractivity contribution < 1.29 is 4.79 Å². The van der Waals surface area contributed by atoms with E-state index in [0.29, 0.717) is 12.4 Å². The zero-order chi connectivity index (χ0) is 13.2. The van der Waals surface area contributed by atoms with Crippen molar-refractivity contribution in [3.63, 3.8) is 0 Å². The number of nitrogens with zero attached hydrogens (tertiary/aromatic N) is 1. The van der Waals surface area contributed by atoms with Gasteiger partial charge < -0.3 is 5.73 Å². The van der Waals surface area contributed by atoms with Gasteiger partial charge in [0.15, 0.2) is 0 Å². The second-order valence-electron chi connectivity index (χ2n) is 3.85. The summed E-state index contributed by atoms with van der Waals surface area (Å²) in [5.74, 6) is 0.500. The number of urea groups is 1. The van der Waals surface area contributed by atoms with E-state index in [-0.39, 0.29) is 0 Å². The number of rotatable bonds is 5. The van der Waals surface area contributed by atoms with E-state index in [0.717, 1.165) is 18.4 Å². The summed E-state index contributed by atoms with van der Waals surface area (Å²) in [7, 11) is 0. The van der Waals surface area contributed by atoms with Gasteiger partial charge in [0.1, 0.15) is 5.84 Å². The van der Waals surface area contributed by atoms with Crippen LogP contribution in [0, 0.1) is 0 Å². The van der Waals surface area contributed by atoms with Gasteiger partial charge in [0.25, 0.3) is 0 Å². The molecule has 0 fully saturated rings. The molecule has 0 aromatic heterocycles. The van der Waals surface area contributed by atoms with Crippen LogP contribution in [-0.4, -0.2) is 18.4 Å². The van der Waals surface area contributed by atoms with Crippen LogP contribution in [0.25, 0.3) is 6.08 Å². The lowest BCUT2D eigenvalue weighted by atomic mass is 10.2. The number of primary amides is 1. The molecule has 0 aliphatic carbocycles. The van der Waals surface area contributed by atoms with Gasteiger partial charge in [0.2, 0.25) is 0 Å². The fraction of sp³-hybridized carbons (Fsp3) is 0.286. The van der Waals surface area contributed by atoms with Gasteiger partial charge in [-0.2, -0.15) is 0 Å². The predicted molar refractivity (Wildman–Crippen MR) is 75.4 cm³/mol. The molecular formula is C14H19N3O. The SMILES string of the molecule is CCCCN=C(/C=C/c1ccccc1)NC(N)=O. The van der Waals surface area contributed by atoms with Crippen LogP contribution >= 0.6 is 0 Å². The average molecular weight is 245 g/mol. The van der Waals surface area contributed by atoms with Gasteiger partial charge in [-0.05, 0) is 18.1 Å². The first-order valence-electron chi connectivity index (χ1n) is 6.06. The Kier molecular flexibility index (Phi) is 6.25. The zero-order valence-electron chi connectivity index (χ0n) is 10.6. The number of benzene rings is 1. The highest BCUT2D eigenvalue weighted by Crippen LogP contribution is 2.01. The highest BCUT2D eigenvalue weighted by molar-refractivity contribution is 6.05. The van der Waals surface area contributed by atoms with Gasteiger partial charge in [-0.3, -0.25) is 10.3 Å². The van der Waals surface area contributed by atoms with Crippen molar-refractivity contribution in [3.8, 4) is 0 Å². The number of amides is 2. The minimum atomic E-state index is -0.594. The fourth-order valence-corrected chi connectivity index (χ4v) is 1.36. The normalized spacial score (nSPS) is 11.7. The third-order valence-corrected chi connectivity index (χ3v) is 2.28. The van der Waals surface area contributed by atoms with Gasteiger partial charge in [0, 0.05) is 6.54 Å². The molecule has 0 saturated carbocycles. The third kappa shape index (κ3) is 5.84. The van der Waals surface area contributed by atoms with Crippen LogP contribution in [-0.2, 0) is 0 Å². The Labute approximate surface area is 108 Å². The Morgan fingerprint density at radius 1 is 1.39 bits per heavy atom. The standard InChI is InChI=1S/C14H19N3O/c1-2-3-11-16-13(17-14(15)18)10-9-12-7-5-4-6-8-12/h4-10H,2-3,11H2,1H3,(H3,15,16,17,18)/b10-9+. The lowest BCUT2D eigenvalue weighted by Crippen LogP contribution is -2.34. The summed E-state index contributed by atoms with van der Waals surface area (Å²) in [6.45, 7) is 2.78. The lowest BCUT2D eigenvalue weighted by Gasteiger charge is -2.02. The van der Waals surface area contributed by atoms with Crippen molar-refractivity contribution in [2.75, 3.05) is 6.54 Å². The van der Waals surface area contributed by atoms with Crippen LogP contribution in [0.5, 0.6) is 0 Å². The molecule has 0 bridgehead atoms. The number of unbranched alkanes of at least 4 members (excludes halogenated alkanes) is 1. The smallest absolute Gasteiger partial charge is 0.317 e. The van der Waals surface area contributed by atoms with E-state index >= 15 is 0 Å². The summed E-state index contributed by atoms with van der Waals surface area (Å²) in [6.07, 6.45) is 5.70. The molecule has 0 atom stereocenters. The first kappa shape index (κ1) is 14.0. The van der Waals surface area contributed by atoms with Crippen molar-refractivity contribution in [3.05, 3.63) is 42.0 Å². The van der Waals surface area contributed by atoms with Gasteiger partial charge in [0.05, 0.1) is 0 Å². The van der Waals surface area contributed by atoms with E-state index in [1.807, 2.05) is 36.4 Å². The molecule has 18 heavy (non-hydrogen) atoms. The van der Waals surface area contributed by atoms with Gasteiger partial charge in [-0.15, -0.1) is 0 Å². The van der Waals surface area contributed by atoms with Crippen molar-refractivity contribution in [2.24, 2.45) is 10.7 Å². The van der Waals surface area contributed by atoms with E-state index in [4.69, 9.17) is 5.73 Å². The number of hydrogen-bond acceptors (Lipinski definition) is 2. The Morgan fingerprint density at radius 3 is 2.72 bits per heavy atom. The zero-order valence-corrected chi connectivity index (χ0v) is 10.6. The maximum atomic E-state index is 10.9. The van der Waals surface area contributed by atoms with Crippen molar-refractivity contribution >= 4 is 17.9 Å². The van der Waals surface area contributed by atoms with Gasteiger partial charge >= 0.3 is 6.03 Å². The molecular weight excluding hydrogens is 226 g/mol. The molecule has 4 nitrogen and oxygen atoms in total. The first-order chi connectivity index (χ1) is 8.72. The summed E-state index contributed by atoms with van der Waals surface area (Å²) < 4.78 is 0. The number of amidine groups is 1. The quantitative estimate of drug-likeness (QED) is 0.467. The Hall–Kier alpha value is -2.10. The molecule has 0 aliphatic heterocycles. The van der Waals surface area contributed by atoms with Crippen LogP contribution in [0.1, 0.15) is 25.3 Å². The molecule has 3 N–H and O–H groups in total. The summed E-state index contributed by atoms with van der Waals surface area (Å²) in [4.78, 5) is 15.1. The molecule has 4 heteroatoms. The second kappa shape index (κ2) is 8.06. The van der Waals surface area contributed by atoms with Crippen molar-refractivity contribution in [1.29, 1.82) is 0 Å². The maximum Gasteiger partial charge on any atom is 0.317 e. The molecule has 0 aliphatic rings. The average Bonchev–Trinajstić information content (AvgIpc) is 2.37. The van der Waals surface area contributed by atoms with E-state index in [9.17, 15) is 4.79 Å². The molecule has 0 radical (unpaired) electrons. The molecule has 1 rings (SSSR count). The Bertz CT molecular complexity index is 424. The molecule has 96 valence electrons. The highest BCUT2D eigenvalue weighted by Gasteiger charge is 1.97. The van der Waals surface area contributed by atoms with Crippen molar-refractivity contribution in [2.45, 2.75) is 19.8 Å². The summed E-state index contributed by atoms with van der Waals surface area (Å²) in [6, 6.07) is 9.22. The molecule has 0 saturated heterocycles. The van der Waals surface area contributed by atoms with E-state index in [2.05, 4.69) is 17.2 Å². The van der Waals surface area contributed by atoms with Gasteiger partial charge in [-0.1, -0.05) is 49.8 Å². The minimum absolute atomic E-state index is 0.500. The van der Waals surface area contributed by atoms with Crippen LogP contribution in [0.3, 0.4) is 0 Å². The number of carbonyl (C=O) groups excluding carboxylic acids is 1. The van der Waals surface area contributed by atoms with Crippen LogP contribution in [0.4, 0.5) is 4.79 Å². The molecule has 0 heterocycles. The maximum absolute atomic E-state index is 10.9.